The molecule has 0 bridgehead atoms. The number of hydrogen-bond donors (Lipinski definition) is 2. The van der Waals surface area contributed by atoms with Crippen LogP contribution in [0.4, 0.5) is 23.1 Å². The highest BCUT2D eigenvalue weighted by atomic mass is 15.2. The molecule has 0 atom stereocenters. The molecule has 0 spiro atoms. The van der Waals surface area contributed by atoms with Gasteiger partial charge in [0.15, 0.2) is 17.0 Å². The van der Waals surface area contributed by atoms with E-state index < -0.39 is 0 Å². The van der Waals surface area contributed by atoms with E-state index in [0.29, 0.717) is 22.9 Å². The number of benzene rings is 2. The third-order valence-corrected chi connectivity index (χ3v) is 3.64. The van der Waals surface area contributed by atoms with Gasteiger partial charge in [0.2, 0.25) is 5.95 Å². The van der Waals surface area contributed by atoms with Crippen molar-refractivity contribution in [3.8, 4) is 0 Å². The molecule has 0 aliphatic rings. The van der Waals surface area contributed by atoms with Gasteiger partial charge in [-0.3, -0.25) is 0 Å². The third-order valence-electron chi connectivity index (χ3n) is 3.64. The van der Waals surface area contributed by atoms with Gasteiger partial charge in [-0.1, -0.05) is 30.3 Å². The van der Waals surface area contributed by atoms with Crippen LogP contribution in [0.15, 0.2) is 67.0 Å². The maximum atomic E-state index is 4.59. The SMILES string of the molecule is Cc1cccc(Nc2nc(Nc3ccccc3)c3nccnc3n2)c1. The summed E-state index contributed by atoms with van der Waals surface area (Å²) in [5.74, 6) is 1.08. The molecule has 0 saturated carbocycles. The summed E-state index contributed by atoms with van der Waals surface area (Å²) in [5, 5.41) is 6.52. The lowest BCUT2D eigenvalue weighted by atomic mass is 10.2. The summed E-state index contributed by atoms with van der Waals surface area (Å²) in [6.45, 7) is 2.04. The number of hydrogen-bond acceptors (Lipinski definition) is 6. The van der Waals surface area contributed by atoms with Crippen LogP contribution in [0.5, 0.6) is 0 Å². The second kappa shape index (κ2) is 6.52. The Balaban J connectivity index is 1.75. The maximum absolute atomic E-state index is 4.59. The number of nitrogens with one attached hydrogen (secondary N) is 2. The Hall–Kier alpha value is -3.54. The highest BCUT2D eigenvalue weighted by Gasteiger charge is 2.10. The number of nitrogens with zero attached hydrogens (tertiary/aromatic N) is 4. The van der Waals surface area contributed by atoms with Crippen molar-refractivity contribution in [2.45, 2.75) is 6.92 Å². The van der Waals surface area contributed by atoms with E-state index >= 15 is 0 Å². The number of aromatic nitrogens is 4. The summed E-state index contributed by atoms with van der Waals surface area (Å²) in [4.78, 5) is 17.7. The van der Waals surface area contributed by atoms with E-state index in [1.165, 1.54) is 0 Å². The maximum Gasteiger partial charge on any atom is 0.231 e. The molecule has 0 fully saturated rings. The van der Waals surface area contributed by atoms with Gasteiger partial charge in [-0.05, 0) is 36.8 Å². The number of anilines is 4. The fourth-order valence-electron chi connectivity index (χ4n) is 2.52. The molecule has 2 heterocycles. The molecule has 0 aliphatic carbocycles. The molecule has 6 heteroatoms. The smallest absolute Gasteiger partial charge is 0.231 e. The topological polar surface area (TPSA) is 75.6 Å². The first-order valence-electron chi connectivity index (χ1n) is 7.92. The molecule has 6 nitrogen and oxygen atoms in total. The van der Waals surface area contributed by atoms with Crippen molar-refractivity contribution in [3.05, 3.63) is 72.6 Å². The molecule has 25 heavy (non-hydrogen) atoms. The average molecular weight is 328 g/mol. The van der Waals surface area contributed by atoms with Crippen molar-refractivity contribution < 1.29 is 0 Å². The minimum atomic E-state index is 0.469. The number of aryl methyl sites for hydroxylation is 1. The second-order valence-electron chi connectivity index (χ2n) is 5.61. The molecule has 122 valence electrons. The Morgan fingerprint density at radius 3 is 2.40 bits per heavy atom. The quantitative estimate of drug-likeness (QED) is 0.584. The zero-order valence-corrected chi connectivity index (χ0v) is 13.6. The van der Waals surface area contributed by atoms with Gasteiger partial charge in [-0.2, -0.15) is 9.97 Å². The van der Waals surface area contributed by atoms with Crippen molar-refractivity contribution in [1.29, 1.82) is 0 Å². The lowest BCUT2D eigenvalue weighted by Crippen LogP contribution is -2.04. The molecule has 0 saturated heterocycles. The zero-order valence-electron chi connectivity index (χ0n) is 13.6. The minimum absolute atomic E-state index is 0.469. The van der Waals surface area contributed by atoms with Crippen LogP contribution in [0.2, 0.25) is 0 Å². The van der Waals surface area contributed by atoms with E-state index in [1.807, 2.05) is 61.5 Å². The van der Waals surface area contributed by atoms with Gasteiger partial charge in [0.1, 0.15) is 0 Å². The highest BCUT2D eigenvalue weighted by Crippen LogP contribution is 2.24. The van der Waals surface area contributed by atoms with Crippen molar-refractivity contribution in [1.82, 2.24) is 19.9 Å². The largest absolute Gasteiger partial charge is 0.338 e. The van der Waals surface area contributed by atoms with Gasteiger partial charge in [0.25, 0.3) is 0 Å². The van der Waals surface area contributed by atoms with Crippen molar-refractivity contribution in [2.24, 2.45) is 0 Å². The van der Waals surface area contributed by atoms with E-state index in [1.54, 1.807) is 12.4 Å². The van der Waals surface area contributed by atoms with Gasteiger partial charge in [-0.25, -0.2) is 9.97 Å². The van der Waals surface area contributed by atoms with Gasteiger partial charge in [0.05, 0.1) is 0 Å². The Morgan fingerprint density at radius 1 is 0.760 bits per heavy atom. The summed E-state index contributed by atoms with van der Waals surface area (Å²) < 4.78 is 0. The Morgan fingerprint density at radius 2 is 1.56 bits per heavy atom. The number of rotatable bonds is 4. The van der Waals surface area contributed by atoms with Gasteiger partial charge in [-0.15, -0.1) is 0 Å². The molecule has 2 N–H and O–H groups in total. The summed E-state index contributed by atoms with van der Waals surface area (Å²) >= 11 is 0. The molecule has 0 aliphatic heterocycles. The minimum Gasteiger partial charge on any atom is -0.338 e. The first-order valence-corrected chi connectivity index (χ1v) is 7.92. The standard InChI is InChI=1S/C19H16N6/c1-13-6-5-9-15(12-13)23-19-24-17-16(20-10-11-21-17)18(25-19)22-14-7-3-2-4-8-14/h2-12H,1H3,(H2,21,22,23,24,25). The van der Waals surface area contributed by atoms with Crippen LogP contribution in [0.25, 0.3) is 11.2 Å². The van der Waals surface area contributed by atoms with Crippen LogP contribution in [-0.2, 0) is 0 Å². The average Bonchev–Trinajstić information content (AvgIpc) is 2.63. The third kappa shape index (κ3) is 3.37. The number of fused-ring (bicyclic) bond motifs is 1. The molecular formula is C19H16N6. The van der Waals surface area contributed by atoms with Crippen LogP contribution >= 0.6 is 0 Å². The van der Waals surface area contributed by atoms with E-state index in [9.17, 15) is 0 Å². The lowest BCUT2D eigenvalue weighted by Gasteiger charge is -2.11. The van der Waals surface area contributed by atoms with Crippen LogP contribution in [-0.4, -0.2) is 19.9 Å². The fraction of sp³-hybridized carbons (Fsp3) is 0.0526. The highest BCUT2D eigenvalue weighted by molar-refractivity contribution is 5.85. The predicted molar refractivity (Wildman–Crippen MR) is 99.3 cm³/mol. The van der Waals surface area contributed by atoms with Crippen LogP contribution < -0.4 is 10.6 Å². The van der Waals surface area contributed by atoms with Crippen molar-refractivity contribution in [2.75, 3.05) is 10.6 Å². The second-order valence-corrected chi connectivity index (χ2v) is 5.61. The van der Waals surface area contributed by atoms with Crippen LogP contribution in [0.3, 0.4) is 0 Å². The van der Waals surface area contributed by atoms with E-state index in [-0.39, 0.29) is 0 Å². The van der Waals surface area contributed by atoms with Crippen LogP contribution in [0, 0.1) is 6.92 Å². The molecule has 0 amide bonds. The first kappa shape index (κ1) is 15.0. The summed E-state index contributed by atoms with van der Waals surface area (Å²) in [6, 6.07) is 17.9. The molecule has 2 aromatic carbocycles. The number of para-hydroxylation sites is 1. The first-order chi connectivity index (χ1) is 12.3. The van der Waals surface area contributed by atoms with Crippen molar-refractivity contribution >= 4 is 34.3 Å². The van der Waals surface area contributed by atoms with Gasteiger partial charge in [0, 0.05) is 23.8 Å². The Labute approximate surface area is 145 Å². The molecule has 4 aromatic rings. The van der Waals surface area contributed by atoms with E-state index in [2.05, 4.69) is 30.6 Å². The Bertz CT molecular complexity index is 1020. The zero-order chi connectivity index (χ0) is 17.1. The van der Waals surface area contributed by atoms with Crippen molar-refractivity contribution in [3.63, 3.8) is 0 Å². The summed E-state index contributed by atoms with van der Waals surface area (Å²) in [5.41, 5.74) is 4.17. The molecular weight excluding hydrogens is 312 g/mol. The van der Waals surface area contributed by atoms with E-state index in [4.69, 9.17) is 0 Å². The molecule has 2 aromatic heterocycles. The van der Waals surface area contributed by atoms with Crippen LogP contribution in [0.1, 0.15) is 5.56 Å². The lowest BCUT2D eigenvalue weighted by molar-refractivity contribution is 1.15. The fourth-order valence-corrected chi connectivity index (χ4v) is 2.52. The molecule has 0 unspecified atom stereocenters. The van der Waals surface area contributed by atoms with E-state index in [0.717, 1.165) is 16.9 Å². The summed E-state index contributed by atoms with van der Waals surface area (Å²) in [7, 11) is 0. The van der Waals surface area contributed by atoms with Gasteiger partial charge >= 0.3 is 0 Å². The monoisotopic (exact) mass is 328 g/mol. The predicted octanol–water partition coefficient (Wildman–Crippen LogP) is 4.22. The molecule has 4 rings (SSSR count). The van der Waals surface area contributed by atoms with Gasteiger partial charge < -0.3 is 10.6 Å². The molecule has 0 radical (unpaired) electrons. The normalized spacial score (nSPS) is 10.6. The Kier molecular flexibility index (Phi) is 3.92. The summed E-state index contributed by atoms with van der Waals surface area (Å²) in [6.07, 6.45) is 3.26.